The molecule has 14 heavy (non-hydrogen) atoms. The van der Waals surface area contributed by atoms with E-state index in [4.69, 9.17) is 5.73 Å². The molecule has 4 nitrogen and oxygen atoms in total. The van der Waals surface area contributed by atoms with Gasteiger partial charge in [0.05, 0.1) is 5.69 Å². The third-order valence-corrected chi connectivity index (χ3v) is 3.40. The van der Waals surface area contributed by atoms with Gasteiger partial charge in [-0.3, -0.25) is 9.89 Å². The first-order valence-electron chi connectivity index (χ1n) is 4.73. The summed E-state index contributed by atoms with van der Waals surface area (Å²) in [6, 6.07) is 0. The average molecular weight is 189 g/mol. The number of carbonyl (C=O) groups excluding carboxylic acids is 1. The van der Waals surface area contributed by atoms with Crippen LogP contribution in [-0.2, 0) is 6.42 Å². The molecule has 0 unspecified atom stereocenters. The van der Waals surface area contributed by atoms with Crippen molar-refractivity contribution in [1.29, 1.82) is 0 Å². The monoisotopic (exact) mass is 189 g/mol. The SMILES string of the molecule is C=C[C@@H]1[C@@H]2Cc3c(n[nH]c3C(N)=O)[C@H]12. The van der Waals surface area contributed by atoms with Gasteiger partial charge in [0, 0.05) is 11.5 Å². The summed E-state index contributed by atoms with van der Waals surface area (Å²) in [4.78, 5) is 11.0. The van der Waals surface area contributed by atoms with Gasteiger partial charge in [0.2, 0.25) is 0 Å². The van der Waals surface area contributed by atoms with E-state index in [9.17, 15) is 4.79 Å². The van der Waals surface area contributed by atoms with E-state index in [2.05, 4.69) is 16.8 Å². The number of nitrogens with zero attached hydrogens (tertiary/aromatic N) is 1. The summed E-state index contributed by atoms with van der Waals surface area (Å²) in [6.07, 6.45) is 2.91. The predicted octanol–water partition coefficient (Wildman–Crippen LogP) is 0.580. The molecule has 0 saturated heterocycles. The molecule has 2 aliphatic carbocycles. The van der Waals surface area contributed by atoms with Crippen LogP contribution in [0.25, 0.3) is 0 Å². The van der Waals surface area contributed by atoms with Gasteiger partial charge in [0.25, 0.3) is 5.91 Å². The summed E-state index contributed by atoms with van der Waals surface area (Å²) >= 11 is 0. The molecule has 0 spiro atoms. The van der Waals surface area contributed by atoms with Crippen LogP contribution in [0, 0.1) is 11.8 Å². The van der Waals surface area contributed by atoms with Crippen LogP contribution in [0.3, 0.4) is 0 Å². The standard InChI is InChI=1S/C10H11N3O/c1-2-4-5-3-6-8(7(4)5)12-13-9(6)10(11)14/h2,4-5,7H,1,3H2,(H2,11,14)(H,12,13)/t4-,5+,7-/m1/s1. The van der Waals surface area contributed by atoms with Crippen molar-refractivity contribution in [2.45, 2.75) is 12.3 Å². The highest BCUT2D eigenvalue weighted by Crippen LogP contribution is 2.61. The first-order chi connectivity index (χ1) is 6.74. The summed E-state index contributed by atoms with van der Waals surface area (Å²) in [5.74, 6) is 1.27. The molecule has 1 aromatic heterocycles. The van der Waals surface area contributed by atoms with Gasteiger partial charge in [-0.2, -0.15) is 5.10 Å². The topological polar surface area (TPSA) is 71.8 Å². The second-order valence-electron chi connectivity index (χ2n) is 4.03. The zero-order chi connectivity index (χ0) is 9.87. The second kappa shape index (κ2) is 2.26. The fraction of sp³-hybridized carbons (Fsp3) is 0.400. The van der Waals surface area contributed by atoms with Crippen molar-refractivity contribution in [3.05, 3.63) is 29.6 Å². The maximum Gasteiger partial charge on any atom is 0.267 e. The Labute approximate surface area is 81.2 Å². The highest BCUT2D eigenvalue weighted by molar-refractivity contribution is 5.93. The number of rotatable bonds is 2. The minimum atomic E-state index is -0.407. The van der Waals surface area contributed by atoms with Gasteiger partial charge >= 0.3 is 0 Å². The summed E-state index contributed by atoms with van der Waals surface area (Å²) in [6.45, 7) is 3.79. The third kappa shape index (κ3) is 0.737. The van der Waals surface area contributed by atoms with Gasteiger partial charge in [-0.25, -0.2) is 0 Å². The quantitative estimate of drug-likeness (QED) is 0.668. The van der Waals surface area contributed by atoms with E-state index in [0.29, 0.717) is 23.4 Å². The lowest BCUT2D eigenvalue weighted by Crippen LogP contribution is -2.14. The molecule has 3 N–H and O–H groups in total. The number of hydrogen-bond acceptors (Lipinski definition) is 2. The Morgan fingerprint density at radius 3 is 3.14 bits per heavy atom. The van der Waals surface area contributed by atoms with Gasteiger partial charge in [-0.05, 0) is 18.3 Å². The predicted molar refractivity (Wildman–Crippen MR) is 50.7 cm³/mol. The highest BCUT2D eigenvalue weighted by Gasteiger charge is 2.56. The first kappa shape index (κ1) is 7.79. The molecular formula is C10H11N3O. The summed E-state index contributed by atoms with van der Waals surface area (Å²) in [5.41, 5.74) is 7.79. The lowest BCUT2D eigenvalue weighted by molar-refractivity contribution is 0.0994. The molecule has 3 rings (SSSR count). The number of aromatic nitrogens is 2. The molecule has 3 atom stereocenters. The average Bonchev–Trinajstić information content (AvgIpc) is 2.55. The van der Waals surface area contributed by atoms with E-state index in [-0.39, 0.29) is 0 Å². The molecular weight excluding hydrogens is 178 g/mol. The Bertz CT molecular complexity index is 435. The summed E-state index contributed by atoms with van der Waals surface area (Å²) in [5, 5.41) is 6.88. The van der Waals surface area contributed by atoms with Crippen LogP contribution < -0.4 is 5.73 Å². The van der Waals surface area contributed by atoms with Gasteiger partial charge in [0.1, 0.15) is 5.69 Å². The van der Waals surface area contributed by atoms with Crippen molar-refractivity contribution in [2.24, 2.45) is 17.6 Å². The van der Waals surface area contributed by atoms with Crippen LogP contribution in [0.5, 0.6) is 0 Å². The fourth-order valence-corrected chi connectivity index (χ4v) is 2.67. The minimum Gasteiger partial charge on any atom is -0.364 e. The van der Waals surface area contributed by atoms with E-state index >= 15 is 0 Å². The molecule has 72 valence electrons. The Morgan fingerprint density at radius 1 is 1.71 bits per heavy atom. The largest absolute Gasteiger partial charge is 0.364 e. The van der Waals surface area contributed by atoms with Crippen molar-refractivity contribution < 1.29 is 4.79 Å². The van der Waals surface area contributed by atoms with E-state index < -0.39 is 5.91 Å². The number of H-pyrrole nitrogens is 1. The van der Waals surface area contributed by atoms with Gasteiger partial charge < -0.3 is 5.73 Å². The van der Waals surface area contributed by atoms with Crippen molar-refractivity contribution in [3.8, 4) is 0 Å². The molecule has 4 heteroatoms. The van der Waals surface area contributed by atoms with E-state index in [1.54, 1.807) is 0 Å². The zero-order valence-electron chi connectivity index (χ0n) is 7.66. The number of fused-ring (bicyclic) bond motifs is 3. The van der Waals surface area contributed by atoms with Crippen LogP contribution in [0.4, 0.5) is 0 Å². The second-order valence-corrected chi connectivity index (χ2v) is 4.03. The van der Waals surface area contributed by atoms with Gasteiger partial charge in [-0.1, -0.05) is 6.08 Å². The van der Waals surface area contributed by atoms with Crippen molar-refractivity contribution in [2.75, 3.05) is 0 Å². The van der Waals surface area contributed by atoms with Gasteiger partial charge in [0.15, 0.2) is 0 Å². The molecule has 0 aliphatic heterocycles. The molecule has 2 aliphatic rings. The number of amides is 1. The van der Waals surface area contributed by atoms with E-state index in [0.717, 1.165) is 17.7 Å². The van der Waals surface area contributed by atoms with Crippen LogP contribution in [0.1, 0.15) is 27.7 Å². The summed E-state index contributed by atoms with van der Waals surface area (Å²) in [7, 11) is 0. The Kier molecular flexibility index (Phi) is 1.26. The van der Waals surface area contributed by atoms with E-state index in [1.165, 1.54) is 0 Å². The molecule has 1 amide bonds. The molecule has 1 saturated carbocycles. The fourth-order valence-electron chi connectivity index (χ4n) is 2.67. The first-order valence-corrected chi connectivity index (χ1v) is 4.73. The smallest absolute Gasteiger partial charge is 0.267 e. The number of aromatic amines is 1. The molecule has 0 radical (unpaired) electrons. The maximum absolute atomic E-state index is 11.0. The highest BCUT2D eigenvalue weighted by atomic mass is 16.1. The van der Waals surface area contributed by atoms with Crippen molar-refractivity contribution >= 4 is 5.91 Å². The minimum absolute atomic E-state index is 0.407. The number of nitrogens with two attached hydrogens (primary N) is 1. The van der Waals surface area contributed by atoms with Crippen LogP contribution in [-0.4, -0.2) is 16.1 Å². The molecule has 1 heterocycles. The van der Waals surface area contributed by atoms with Crippen molar-refractivity contribution in [3.63, 3.8) is 0 Å². The molecule has 1 fully saturated rings. The summed E-state index contributed by atoms with van der Waals surface area (Å²) < 4.78 is 0. The molecule has 0 aromatic carbocycles. The molecule has 0 bridgehead atoms. The van der Waals surface area contributed by atoms with Crippen LogP contribution in [0.15, 0.2) is 12.7 Å². The number of carbonyl (C=O) groups is 1. The molecule has 1 aromatic rings. The van der Waals surface area contributed by atoms with Gasteiger partial charge in [-0.15, -0.1) is 6.58 Å². The third-order valence-electron chi connectivity index (χ3n) is 3.40. The Hall–Kier alpha value is -1.58. The number of primary amides is 1. The Morgan fingerprint density at radius 2 is 2.50 bits per heavy atom. The maximum atomic E-state index is 11.0. The Balaban J connectivity index is 2.02. The van der Waals surface area contributed by atoms with Crippen LogP contribution in [0.2, 0.25) is 0 Å². The van der Waals surface area contributed by atoms with E-state index in [1.807, 2.05) is 6.08 Å². The zero-order valence-corrected chi connectivity index (χ0v) is 7.66. The number of nitrogens with one attached hydrogen (secondary N) is 1. The number of hydrogen-bond donors (Lipinski definition) is 2. The lowest BCUT2D eigenvalue weighted by Gasteiger charge is -1.98. The normalized spacial score (nSPS) is 32.1. The number of allylic oxidation sites excluding steroid dienone is 1. The van der Waals surface area contributed by atoms with Crippen molar-refractivity contribution in [1.82, 2.24) is 10.2 Å². The lowest BCUT2D eigenvalue weighted by atomic mass is 10.1. The van der Waals surface area contributed by atoms with Crippen LogP contribution >= 0.6 is 0 Å².